The number of nitrogens with one attached hydrogen (secondary N) is 5. The first-order valence-electron chi connectivity index (χ1n) is 24.4. The first-order chi connectivity index (χ1) is 41.5. The van der Waals surface area contributed by atoms with Crippen LogP contribution < -0.4 is 52.1 Å². The molecule has 14 N–H and O–H groups in total. The summed E-state index contributed by atoms with van der Waals surface area (Å²) in [5, 5.41) is 44.7. The van der Waals surface area contributed by atoms with E-state index in [0.717, 1.165) is 37.7 Å². The first-order valence-corrected chi connectivity index (χ1v) is 26.3. The number of carbonyl (C=O) groups excluding carboxylic acids is 6. The van der Waals surface area contributed by atoms with Gasteiger partial charge in [-0.3, -0.25) is 15.0 Å². The quantitative estimate of drug-likeness (QED) is 0.00764. The van der Waals surface area contributed by atoms with Crippen LogP contribution in [-0.2, 0) is 38.0 Å². The molecule has 35 nitrogen and oxygen atoms in total. The van der Waals surface area contributed by atoms with Crippen LogP contribution >= 0.6 is 70.4 Å². The van der Waals surface area contributed by atoms with Crippen molar-refractivity contribution in [1.82, 2.24) is 49.8 Å². The Morgan fingerprint density at radius 3 is 1.31 bits per heavy atom. The second-order valence-corrected chi connectivity index (χ2v) is 15.5. The van der Waals surface area contributed by atoms with Crippen molar-refractivity contribution in [2.24, 2.45) is 11.5 Å². The fraction of sp³-hybridized carbons (Fsp3) is 0.375. The molecule has 0 aliphatic carbocycles. The molecule has 5 aromatic rings. The minimum Gasteiger partial charge on any atom is -0.870 e. The molecule has 0 aliphatic heterocycles. The van der Waals surface area contributed by atoms with Gasteiger partial charge in [-0.25, -0.2) is 73.4 Å². The van der Waals surface area contributed by atoms with Gasteiger partial charge in [0.05, 0.1) is 78.5 Å². The number of rotatable bonds is 18. The van der Waals surface area contributed by atoms with E-state index in [9.17, 15) is 43.2 Å². The summed E-state index contributed by atoms with van der Waals surface area (Å²) >= 11 is 28.3. The second-order valence-electron chi connectivity index (χ2n) is 13.6. The van der Waals surface area contributed by atoms with E-state index < -0.39 is 47.3 Å². The SMILES string of the molecule is CCOC(=O)C#CC(=O)OCC.CCOC(=O)c1cc(=O)[nH]cn1.CCOC(=O)c1nc[nH]c(=O)c1Cl.CCOC(=O)c1ncnc(Cl)c1Cl.CCOC(=O)c1ncnc(NCCO)c1Cl.Cl.N=CN.NCCO.O=C(O)c1ncnc(NCCO)c1Cl.[H+].[Li+].[OH-]. The molecule has 5 rings (SSSR count). The maximum Gasteiger partial charge on any atom is 1.00 e. The monoisotopic (exact) mass is 1390 g/mol. The maximum atomic E-state index is 11.4. The molecule has 42 heteroatoms. The molecule has 0 aliphatic rings. The fourth-order valence-electron chi connectivity index (χ4n) is 4.36. The van der Waals surface area contributed by atoms with Gasteiger partial charge in [-0.1, -0.05) is 58.0 Å². The molecule has 0 saturated heterocycles. The van der Waals surface area contributed by atoms with Crippen molar-refractivity contribution in [3.05, 3.63) is 112 Å². The van der Waals surface area contributed by atoms with Gasteiger partial charge in [0.25, 0.3) is 11.1 Å². The number of hydrogen-bond donors (Lipinski definition) is 11. The summed E-state index contributed by atoms with van der Waals surface area (Å²) in [6.45, 7) is 12.4. The average molecular weight is 1390 g/mol. The molecule has 0 amide bonds. The van der Waals surface area contributed by atoms with E-state index in [2.05, 4.69) is 85.2 Å². The van der Waals surface area contributed by atoms with Crippen LogP contribution in [-0.4, -0.2) is 203 Å². The minimum atomic E-state index is -1.22. The molecular formula is C48H65Cl6LiN15O20+. The predicted molar refractivity (Wildman–Crippen MR) is 323 cm³/mol. The zero-order chi connectivity index (χ0) is 66.7. The van der Waals surface area contributed by atoms with Crippen molar-refractivity contribution < 1.29 is 108 Å². The van der Waals surface area contributed by atoms with E-state index in [0.29, 0.717) is 18.9 Å². The largest absolute Gasteiger partial charge is 1.00 e. The van der Waals surface area contributed by atoms with Crippen molar-refractivity contribution in [3.8, 4) is 11.8 Å². The predicted octanol–water partition coefficient (Wildman–Crippen LogP) is -0.583. The number of aromatic carboxylic acids is 1. The Kier molecular flexibility index (Phi) is 60.8. The number of aliphatic hydroxyl groups is 3. The number of carboxylic acid groups (broad SMARTS) is 1. The third kappa shape index (κ3) is 41.3. The molecule has 5 heterocycles. The van der Waals surface area contributed by atoms with Gasteiger partial charge < -0.3 is 86.4 Å². The number of anilines is 2. The Bertz CT molecular complexity index is 3100. The van der Waals surface area contributed by atoms with Crippen molar-refractivity contribution in [3.63, 3.8) is 0 Å². The Morgan fingerprint density at radius 2 is 0.933 bits per heavy atom. The molecule has 0 radical (unpaired) electrons. The van der Waals surface area contributed by atoms with Crippen LogP contribution in [0.15, 0.2) is 47.3 Å². The molecule has 0 unspecified atom stereocenters. The summed E-state index contributed by atoms with van der Waals surface area (Å²) in [7, 11) is 0. The topological polar surface area (TPSA) is 555 Å². The third-order valence-electron chi connectivity index (χ3n) is 7.65. The molecule has 0 spiro atoms. The minimum absolute atomic E-state index is 0. The molecule has 5 aromatic heterocycles. The molecule has 494 valence electrons. The van der Waals surface area contributed by atoms with Gasteiger partial charge in [-0.15, -0.1) is 12.4 Å². The number of esters is 6. The van der Waals surface area contributed by atoms with E-state index in [4.69, 9.17) is 99.0 Å². The molecule has 90 heavy (non-hydrogen) atoms. The normalized spacial score (nSPS) is 8.88. The summed E-state index contributed by atoms with van der Waals surface area (Å²) in [6, 6.07) is 1.10. The van der Waals surface area contributed by atoms with Crippen LogP contribution in [0.3, 0.4) is 0 Å². The van der Waals surface area contributed by atoms with Crippen LogP contribution in [0.2, 0.25) is 25.2 Å². The van der Waals surface area contributed by atoms with Crippen LogP contribution in [0.1, 0.15) is 95.4 Å². The summed E-state index contributed by atoms with van der Waals surface area (Å²) in [6.07, 6.45) is 6.46. The zero-order valence-corrected chi connectivity index (χ0v) is 53.5. The molecular weight excluding hydrogens is 1330 g/mol. The summed E-state index contributed by atoms with van der Waals surface area (Å²) in [5.41, 5.74) is 7.85. The van der Waals surface area contributed by atoms with E-state index in [-0.39, 0.29) is 169 Å². The molecule has 0 bridgehead atoms. The summed E-state index contributed by atoms with van der Waals surface area (Å²) in [4.78, 5) is 132. The average Bonchev–Trinajstić information content (AvgIpc) is 2.98. The molecule has 0 aromatic carbocycles. The van der Waals surface area contributed by atoms with Gasteiger partial charge in [0.2, 0.25) is 0 Å². The number of halogens is 6. The third-order valence-corrected chi connectivity index (χ3v) is 9.46. The van der Waals surface area contributed by atoms with E-state index in [1.54, 1.807) is 41.5 Å². The zero-order valence-electron chi connectivity index (χ0n) is 49.9. The number of carbonyl (C=O) groups is 7. The van der Waals surface area contributed by atoms with Crippen LogP contribution in [0.25, 0.3) is 0 Å². The summed E-state index contributed by atoms with van der Waals surface area (Å²) < 4.78 is 27.6. The van der Waals surface area contributed by atoms with Gasteiger partial charge in [-0.05, 0) is 41.5 Å². The smallest absolute Gasteiger partial charge is 0.870 e. The van der Waals surface area contributed by atoms with Crippen LogP contribution in [0, 0.1) is 17.3 Å². The van der Waals surface area contributed by atoms with Gasteiger partial charge in [0.1, 0.15) is 50.7 Å². The standard InChI is InChI=1S/C9H12ClN3O3.C8H10O4.C7H6Cl2N2O2.C7H8ClN3O3.C7H7ClN2O3.C7H8N2O3.C2H7NO.CH4N2.ClH.Li.H2O/c1-2-16-9(15)7-6(10)8(11-3-4-14)13-5-12-7;1-3-11-7(9)5-6-8(10)12-4-2;1-2-13-7(12)5-4(8)6(9)11-3-10-5;8-4-5(7(13)14)10-3-11-6(4)9-1-2-12;1-2-13-7(12)5-4(8)6(11)10-3-9-5;1-2-12-7(11)5-3-6(10)9-4-8-5;3-1-2-4;2-1-3;;;/h5,14H,2-4H2,1H3,(H,11,12,13);3-4H2,1-2H3;3H,2H2,1H3;3,12H,1-2H2,(H,13,14)(H,9,10,11);3H,2H2,1H3,(H,9,10,11);3-4H,2H2,1H3,(H,8,9,10);4H,1-3H2;1H,(H3,2,3);1H;;1H2/q;;;;;;;;;+1;. The Morgan fingerprint density at radius 1 is 0.578 bits per heavy atom. The Hall–Kier alpha value is -7.94. The fourth-order valence-corrected chi connectivity index (χ4v) is 5.34. The van der Waals surface area contributed by atoms with E-state index in [1.807, 2.05) is 11.8 Å². The van der Waals surface area contributed by atoms with Crippen molar-refractivity contribution in [2.45, 2.75) is 41.5 Å². The first kappa shape index (κ1) is 93.2. The van der Waals surface area contributed by atoms with Crippen LogP contribution in [0.4, 0.5) is 11.6 Å². The molecule has 0 fully saturated rings. The van der Waals surface area contributed by atoms with Crippen molar-refractivity contribution in [1.29, 1.82) is 5.41 Å². The number of H-pyrrole nitrogens is 2. The number of aromatic amines is 2. The summed E-state index contributed by atoms with van der Waals surface area (Å²) in [5.74, 6) is -0.657. The van der Waals surface area contributed by atoms with E-state index in [1.165, 1.54) is 6.33 Å². The number of aromatic nitrogens is 10. The number of carboxylic acids is 1. The second kappa shape index (κ2) is 58.7. The van der Waals surface area contributed by atoms with Gasteiger partial charge >= 0.3 is 62.1 Å². The number of hydrogen-bond acceptors (Lipinski definition) is 31. The number of aliphatic hydroxyl groups excluding tert-OH is 3. The van der Waals surface area contributed by atoms with Crippen LogP contribution in [0.5, 0.6) is 0 Å². The van der Waals surface area contributed by atoms with Crippen molar-refractivity contribution in [2.75, 3.05) is 89.7 Å². The van der Waals surface area contributed by atoms with E-state index >= 15 is 0 Å². The number of nitrogens with zero attached hydrogens (tertiary/aromatic N) is 8. The number of ether oxygens (including phenoxy) is 6. The van der Waals surface area contributed by atoms with Crippen molar-refractivity contribution >= 4 is 130 Å². The maximum absolute atomic E-state index is 11.4. The Balaban J connectivity index is -0.000000181. The van der Waals surface area contributed by atoms with Gasteiger partial charge in [-0.2, -0.15) is 0 Å². The van der Waals surface area contributed by atoms with Gasteiger partial charge in [0.15, 0.2) is 33.6 Å². The molecule has 0 saturated carbocycles. The van der Waals surface area contributed by atoms with Gasteiger partial charge in [0, 0.05) is 37.5 Å². The Labute approximate surface area is 557 Å². The molecule has 0 atom stereocenters. The number of nitrogens with two attached hydrogens (primary N) is 2.